The van der Waals surface area contributed by atoms with E-state index >= 15 is 0 Å². The zero-order chi connectivity index (χ0) is 14.9. The highest BCUT2D eigenvalue weighted by molar-refractivity contribution is 7.90. The van der Waals surface area contributed by atoms with E-state index in [-0.39, 0.29) is 17.4 Å². The predicted molar refractivity (Wildman–Crippen MR) is 73.6 cm³/mol. The van der Waals surface area contributed by atoms with Crippen LogP contribution in [0.2, 0.25) is 0 Å². The second-order valence-electron chi connectivity index (χ2n) is 4.96. The Bertz CT molecular complexity index is 629. The molecule has 110 valence electrons. The van der Waals surface area contributed by atoms with E-state index in [1.165, 1.54) is 12.1 Å². The molecule has 1 aromatic carbocycles. The molecule has 1 aliphatic heterocycles. The van der Waals surface area contributed by atoms with Gasteiger partial charge >= 0.3 is 0 Å². The molecule has 2 rings (SSSR count). The number of aliphatic hydroxyl groups excluding tert-OH is 1. The number of benzene rings is 1. The largest absolute Gasteiger partial charge is 0.396 e. The number of aliphatic hydroxyl groups is 1. The fraction of sp³-hybridized carbons (Fsp3) is 0.500. The zero-order valence-electron chi connectivity index (χ0n) is 11.0. The van der Waals surface area contributed by atoms with E-state index in [9.17, 15) is 18.5 Å². The van der Waals surface area contributed by atoms with Gasteiger partial charge in [-0.15, -0.1) is 0 Å². The number of anilines is 1. The third kappa shape index (κ3) is 2.91. The van der Waals surface area contributed by atoms with Crippen LogP contribution < -0.4 is 4.90 Å². The number of nitro groups is 1. The molecule has 1 unspecified atom stereocenters. The SMILES string of the molecule is CS(=O)(=O)c1cc(N2CCC(CO)C2)ccc1[N+](=O)[O-]. The molecular formula is C12H16N2O5S. The van der Waals surface area contributed by atoms with Crippen molar-refractivity contribution in [3.8, 4) is 0 Å². The molecule has 8 heteroatoms. The van der Waals surface area contributed by atoms with Crippen LogP contribution in [0.25, 0.3) is 0 Å². The fourth-order valence-corrected chi connectivity index (χ4v) is 3.22. The van der Waals surface area contributed by atoms with Crippen LogP contribution in [0.5, 0.6) is 0 Å². The van der Waals surface area contributed by atoms with Crippen LogP contribution >= 0.6 is 0 Å². The lowest BCUT2D eigenvalue weighted by atomic mass is 10.1. The van der Waals surface area contributed by atoms with Gasteiger partial charge in [-0.1, -0.05) is 0 Å². The summed E-state index contributed by atoms with van der Waals surface area (Å²) in [6.07, 6.45) is 1.78. The number of sulfone groups is 1. The Morgan fingerprint density at radius 2 is 2.20 bits per heavy atom. The maximum Gasteiger partial charge on any atom is 0.288 e. The molecule has 0 saturated carbocycles. The normalized spacial score (nSPS) is 19.3. The minimum atomic E-state index is -3.67. The number of nitro benzene ring substituents is 1. The first-order valence-corrected chi connectivity index (χ1v) is 8.06. The van der Waals surface area contributed by atoms with Crippen LogP contribution in [0.15, 0.2) is 23.1 Å². The molecule has 1 aliphatic rings. The van der Waals surface area contributed by atoms with E-state index in [2.05, 4.69) is 0 Å². The minimum Gasteiger partial charge on any atom is -0.396 e. The van der Waals surface area contributed by atoms with Crippen molar-refractivity contribution >= 4 is 21.2 Å². The smallest absolute Gasteiger partial charge is 0.288 e. The van der Waals surface area contributed by atoms with Crippen molar-refractivity contribution < 1.29 is 18.4 Å². The molecule has 1 N–H and O–H groups in total. The van der Waals surface area contributed by atoms with Crippen LogP contribution in [0, 0.1) is 16.0 Å². The Kier molecular flexibility index (Phi) is 3.96. The van der Waals surface area contributed by atoms with Crippen molar-refractivity contribution in [2.45, 2.75) is 11.3 Å². The molecule has 0 aliphatic carbocycles. The van der Waals surface area contributed by atoms with Crippen molar-refractivity contribution in [2.24, 2.45) is 5.92 Å². The topological polar surface area (TPSA) is 101 Å². The summed E-state index contributed by atoms with van der Waals surface area (Å²) in [6, 6.07) is 4.11. The second-order valence-corrected chi connectivity index (χ2v) is 6.95. The summed E-state index contributed by atoms with van der Waals surface area (Å²) in [4.78, 5) is 11.9. The van der Waals surface area contributed by atoms with Crippen LogP contribution in [0.1, 0.15) is 6.42 Å². The quantitative estimate of drug-likeness (QED) is 0.652. The lowest BCUT2D eigenvalue weighted by molar-refractivity contribution is -0.387. The Hall–Kier alpha value is -1.67. The highest BCUT2D eigenvalue weighted by Gasteiger charge is 2.26. The summed E-state index contributed by atoms with van der Waals surface area (Å²) in [6.45, 7) is 1.41. The third-order valence-corrected chi connectivity index (χ3v) is 4.57. The monoisotopic (exact) mass is 300 g/mol. The van der Waals surface area contributed by atoms with Crippen molar-refractivity contribution in [1.29, 1.82) is 0 Å². The Morgan fingerprint density at radius 1 is 1.50 bits per heavy atom. The molecule has 1 fully saturated rings. The number of hydrogen-bond donors (Lipinski definition) is 1. The molecule has 1 aromatic rings. The molecular weight excluding hydrogens is 284 g/mol. The number of hydrogen-bond acceptors (Lipinski definition) is 6. The van der Waals surface area contributed by atoms with E-state index in [1.807, 2.05) is 4.90 Å². The van der Waals surface area contributed by atoms with Gasteiger partial charge < -0.3 is 10.0 Å². The summed E-state index contributed by atoms with van der Waals surface area (Å²) in [5.74, 6) is 0.159. The van der Waals surface area contributed by atoms with Gasteiger partial charge in [0.2, 0.25) is 0 Å². The summed E-state index contributed by atoms with van der Waals surface area (Å²) < 4.78 is 23.4. The van der Waals surface area contributed by atoms with Crippen LogP contribution in [-0.4, -0.2) is 44.4 Å². The molecule has 7 nitrogen and oxygen atoms in total. The van der Waals surface area contributed by atoms with Gasteiger partial charge in [-0.3, -0.25) is 10.1 Å². The van der Waals surface area contributed by atoms with Gasteiger partial charge in [0.05, 0.1) is 4.92 Å². The zero-order valence-corrected chi connectivity index (χ0v) is 11.8. The molecule has 1 saturated heterocycles. The van der Waals surface area contributed by atoms with E-state index in [4.69, 9.17) is 5.11 Å². The molecule has 20 heavy (non-hydrogen) atoms. The van der Waals surface area contributed by atoms with Gasteiger partial charge in [0.1, 0.15) is 4.90 Å². The van der Waals surface area contributed by atoms with E-state index in [0.717, 1.165) is 12.7 Å². The molecule has 0 amide bonds. The lowest BCUT2D eigenvalue weighted by Crippen LogP contribution is -2.21. The van der Waals surface area contributed by atoms with Crippen molar-refractivity contribution in [2.75, 3.05) is 30.9 Å². The van der Waals surface area contributed by atoms with Crippen LogP contribution in [0.4, 0.5) is 11.4 Å². The predicted octanol–water partition coefficient (Wildman–Crippen LogP) is 0.817. The Balaban J connectivity index is 2.41. The second kappa shape index (κ2) is 5.37. The first-order chi connectivity index (χ1) is 9.32. The number of rotatable bonds is 4. The maximum absolute atomic E-state index is 11.7. The van der Waals surface area contributed by atoms with Gasteiger partial charge in [0.15, 0.2) is 9.84 Å². The molecule has 0 bridgehead atoms. The first-order valence-electron chi connectivity index (χ1n) is 6.17. The number of nitrogens with zero attached hydrogens (tertiary/aromatic N) is 2. The van der Waals surface area contributed by atoms with Gasteiger partial charge in [0, 0.05) is 43.6 Å². The average Bonchev–Trinajstić information content (AvgIpc) is 2.85. The van der Waals surface area contributed by atoms with Crippen molar-refractivity contribution in [3.05, 3.63) is 28.3 Å². The standard InChI is InChI=1S/C12H16N2O5S/c1-20(18,19)12-6-10(2-3-11(12)14(16)17)13-5-4-9(7-13)8-15/h2-3,6,9,15H,4-5,7-8H2,1H3. The Morgan fingerprint density at radius 3 is 2.70 bits per heavy atom. The minimum absolute atomic E-state index is 0.0857. The molecule has 0 radical (unpaired) electrons. The molecule has 1 heterocycles. The lowest BCUT2D eigenvalue weighted by Gasteiger charge is -2.19. The van der Waals surface area contributed by atoms with E-state index in [1.54, 1.807) is 6.07 Å². The van der Waals surface area contributed by atoms with Gasteiger partial charge in [-0.25, -0.2) is 8.42 Å². The van der Waals surface area contributed by atoms with E-state index < -0.39 is 20.4 Å². The summed E-state index contributed by atoms with van der Waals surface area (Å²) >= 11 is 0. The van der Waals surface area contributed by atoms with Gasteiger partial charge in [0.25, 0.3) is 5.69 Å². The summed E-state index contributed by atoms with van der Waals surface area (Å²) in [7, 11) is -3.67. The molecule has 0 spiro atoms. The molecule has 0 aromatic heterocycles. The summed E-state index contributed by atoms with van der Waals surface area (Å²) in [5.41, 5.74) is 0.223. The maximum atomic E-state index is 11.7. The summed E-state index contributed by atoms with van der Waals surface area (Å²) in [5, 5.41) is 20.0. The highest BCUT2D eigenvalue weighted by atomic mass is 32.2. The van der Waals surface area contributed by atoms with Crippen molar-refractivity contribution in [3.63, 3.8) is 0 Å². The first kappa shape index (κ1) is 14.7. The van der Waals surface area contributed by atoms with E-state index in [0.29, 0.717) is 18.8 Å². The highest BCUT2D eigenvalue weighted by Crippen LogP contribution is 2.31. The van der Waals surface area contributed by atoms with Gasteiger partial charge in [-0.05, 0) is 18.6 Å². The third-order valence-electron chi connectivity index (χ3n) is 3.45. The Labute approximate surface area is 116 Å². The van der Waals surface area contributed by atoms with Crippen LogP contribution in [-0.2, 0) is 9.84 Å². The van der Waals surface area contributed by atoms with Crippen LogP contribution in [0.3, 0.4) is 0 Å². The fourth-order valence-electron chi connectivity index (χ4n) is 2.36. The van der Waals surface area contributed by atoms with Crippen molar-refractivity contribution in [1.82, 2.24) is 0 Å². The molecule has 1 atom stereocenters. The van der Waals surface area contributed by atoms with Gasteiger partial charge in [-0.2, -0.15) is 0 Å². The average molecular weight is 300 g/mol.